The van der Waals surface area contributed by atoms with Crippen molar-refractivity contribution in [3.63, 3.8) is 0 Å². The number of rotatable bonds is 5. The summed E-state index contributed by atoms with van der Waals surface area (Å²) >= 11 is 12.5. The van der Waals surface area contributed by atoms with Crippen LogP contribution >= 0.6 is 23.2 Å². The summed E-state index contributed by atoms with van der Waals surface area (Å²) in [4.78, 5) is 0. The first-order valence-electron chi connectivity index (χ1n) is 6.43. The molecule has 0 aliphatic rings. The molecule has 19 heavy (non-hydrogen) atoms. The fraction of sp³-hybridized carbons (Fsp3) is 0.250. The van der Waals surface area contributed by atoms with Crippen LogP contribution in [0, 0.1) is 0 Å². The van der Waals surface area contributed by atoms with Crippen LogP contribution in [-0.2, 0) is 6.42 Å². The Bertz CT molecular complexity index is 540. The number of hydrogen-bond acceptors (Lipinski definition) is 1. The maximum atomic E-state index is 6.29. The lowest BCUT2D eigenvalue weighted by Gasteiger charge is -2.20. The largest absolute Gasteiger partial charge is 0.310 e. The SMILES string of the molecule is CCNC(Cc1ccccc1Cl)c1ccccc1Cl. The second-order valence-corrected chi connectivity index (χ2v) is 5.24. The van der Waals surface area contributed by atoms with E-state index in [1.54, 1.807) is 0 Å². The molecule has 0 aromatic heterocycles. The summed E-state index contributed by atoms with van der Waals surface area (Å²) < 4.78 is 0. The molecule has 1 N–H and O–H groups in total. The lowest BCUT2D eigenvalue weighted by atomic mass is 9.98. The Morgan fingerprint density at radius 3 is 2.21 bits per heavy atom. The molecule has 0 heterocycles. The zero-order valence-corrected chi connectivity index (χ0v) is 12.4. The van der Waals surface area contributed by atoms with Crippen molar-refractivity contribution in [3.8, 4) is 0 Å². The van der Waals surface area contributed by atoms with Gasteiger partial charge in [-0.25, -0.2) is 0 Å². The van der Waals surface area contributed by atoms with Gasteiger partial charge in [-0.15, -0.1) is 0 Å². The Morgan fingerprint density at radius 2 is 1.58 bits per heavy atom. The lowest BCUT2D eigenvalue weighted by Crippen LogP contribution is -2.23. The van der Waals surface area contributed by atoms with Crippen molar-refractivity contribution < 1.29 is 0 Å². The Kier molecular flexibility index (Phi) is 5.26. The minimum absolute atomic E-state index is 0.179. The van der Waals surface area contributed by atoms with Gasteiger partial charge in [0.15, 0.2) is 0 Å². The summed E-state index contributed by atoms with van der Waals surface area (Å²) in [6.07, 6.45) is 0.831. The third-order valence-corrected chi connectivity index (χ3v) is 3.83. The van der Waals surface area contributed by atoms with Crippen LogP contribution in [-0.4, -0.2) is 6.54 Å². The predicted octanol–water partition coefficient (Wildman–Crippen LogP) is 4.89. The number of benzene rings is 2. The third kappa shape index (κ3) is 3.73. The molecular formula is C16H17Cl2N. The van der Waals surface area contributed by atoms with Crippen LogP contribution < -0.4 is 5.32 Å². The summed E-state index contributed by atoms with van der Waals surface area (Å²) in [5.74, 6) is 0. The number of nitrogens with one attached hydrogen (secondary N) is 1. The molecule has 0 radical (unpaired) electrons. The minimum atomic E-state index is 0.179. The van der Waals surface area contributed by atoms with Crippen molar-refractivity contribution in [3.05, 3.63) is 69.7 Å². The van der Waals surface area contributed by atoms with Crippen molar-refractivity contribution in [2.24, 2.45) is 0 Å². The van der Waals surface area contributed by atoms with Crippen LogP contribution in [0.15, 0.2) is 48.5 Å². The fourth-order valence-corrected chi connectivity index (χ4v) is 2.66. The molecular weight excluding hydrogens is 277 g/mol. The molecule has 0 bridgehead atoms. The Balaban J connectivity index is 2.27. The Morgan fingerprint density at radius 1 is 0.947 bits per heavy atom. The van der Waals surface area contributed by atoms with Gasteiger partial charge in [0.05, 0.1) is 0 Å². The zero-order chi connectivity index (χ0) is 13.7. The van der Waals surface area contributed by atoms with Gasteiger partial charge in [-0.05, 0) is 36.2 Å². The Hall–Kier alpha value is -1.02. The van der Waals surface area contributed by atoms with Gasteiger partial charge in [0, 0.05) is 16.1 Å². The van der Waals surface area contributed by atoms with Crippen LogP contribution in [0.4, 0.5) is 0 Å². The van der Waals surface area contributed by atoms with Gasteiger partial charge in [-0.1, -0.05) is 66.5 Å². The zero-order valence-electron chi connectivity index (χ0n) is 10.9. The second kappa shape index (κ2) is 6.95. The molecule has 0 spiro atoms. The summed E-state index contributed by atoms with van der Waals surface area (Å²) in [6.45, 7) is 2.98. The van der Waals surface area contributed by atoms with Crippen LogP contribution in [0.1, 0.15) is 24.1 Å². The van der Waals surface area contributed by atoms with Crippen molar-refractivity contribution in [1.29, 1.82) is 0 Å². The van der Waals surface area contributed by atoms with E-state index in [1.165, 1.54) is 0 Å². The van der Waals surface area contributed by atoms with E-state index in [9.17, 15) is 0 Å². The maximum Gasteiger partial charge on any atom is 0.0453 e. The van der Waals surface area contributed by atoms with E-state index in [0.29, 0.717) is 0 Å². The van der Waals surface area contributed by atoms with Gasteiger partial charge in [0.25, 0.3) is 0 Å². The van der Waals surface area contributed by atoms with Gasteiger partial charge in [0.2, 0.25) is 0 Å². The smallest absolute Gasteiger partial charge is 0.0453 e. The predicted molar refractivity (Wildman–Crippen MR) is 83.0 cm³/mol. The summed E-state index contributed by atoms with van der Waals surface area (Å²) in [6, 6.07) is 16.1. The van der Waals surface area contributed by atoms with Crippen molar-refractivity contribution >= 4 is 23.2 Å². The van der Waals surface area contributed by atoms with Crippen molar-refractivity contribution in [2.75, 3.05) is 6.54 Å². The molecule has 0 saturated carbocycles. The third-order valence-electron chi connectivity index (χ3n) is 3.11. The van der Waals surface area contributed by atoms with Gasteiger partial charge in [0.1, 0.15) is 0 Å². The van der Waals surface area contributed by atoms with Crippen molar-refractivity contribution in [1.82, 2.24) is 5.32 Å². The molecule has 1 atom stereocenters. The van der Waals surface area contributed by atoms with Crippen molar-refractivity contribution in [2.45, 2.75) is 19.4 Å². The number of likely N-dealkylation sites (N-methyl/N-ethyl adjacent to an activating group) is 1. The van der Waals surface area contributed by atoms with Crippen LogP contribution in [0.3, 0.4) is 0 Å². The molecule has 0 fully saturated rings. The minimum Gasteiger partial charge on any atom is -0.310 e. The van der Waals surface area contributed by atoms with Gasteiger partial charge >= 0.3 is 0 Å². The topological polar surface area (TPSA) is 12.0 Å². The number of hydrogen-bond donors (Lipinski definition) is 1. The standard InChI is InChI=1S/C16H17Cl2N/c1-2-19-16(13-8-4-6-10-15(13)18)11-12-7-3-5-9-14(12)17/h3-10,16,19H,2,11H2,1H3. The highest BCUT2D eigenvalue weighted by Gasteiger charge is 2.15. The second-order valence-electron chi connectivity index (χ2n) is 4.43. The maximum absolute atomic E-state index is 6.29. The van der Waals surface area contributed by atoms with E-state index in [2.05, 4.69) is 24.4 Å². The monoisotopic (exact) mass is 293 g/mol. The number of halogens is 2. The molecule has 100 valence electrons. The molecule has 0 amide bonds. The van der Waals surface area contributed by atoms with Gasteiger partial charge in [-0.3, -0.25) is 0 Å². The highest BCUT2D eigenvalue weighted by atomic mass is 35.5. The summed E-state index contributed by atoms with van der Waals surface area (Å²) in [5.41, 5.74) is 2.25. The average Bonchev–Trinajstić information content (AvgIpc) is 2.41. The molecule has 2 rings (SSSR count). The van der Waals surface area contributed by atoms with E-state index in [-0.39, 0.29) is 6.04 Å². The first kappa shape index (κ1) is 14.4. The van der Waals surface area contributed by atoms with E-state index in [4.69, 9.17) is 23.2 Å². The molecule has 0 aliphatic carbocycles. The van der Waals surface area contributed by atoms with Gasteiger partial charge < -0.3 is 5.32 Å². The Labute approximate surface area is 124 Å². The fourth-order valence-electron chi connectivity index (χ4n) is 2.18. The molecule has 3 heteroatoms. The molecule has 0 saturated heterocycles. The van der Waals surface area contributed by atoms with Crippen LogP contribution in [0.25, 0.3) is 0 Å². The molecule has 2 aromatic rings. The molecule has 1 nitrogen and oxygen atoms in total. The highest BCUT2D eigenvalue weighted by Crippen LogP contribution is 2.27. The molecule has 0 aliphatic heterocycles. The average molecular weight is 294 g/mol. The first-order chi connectivity index (χ1) is 9.22. The first-order valence-corrected chi connectivity index (χ1v) is 7.19. The molecule has 1 unspecified atom stereocenters. The van der Waals surface area contributed by atoms with E-state index >= 15 is 0 Å². The van der Waals surface area contributed by atoms with Gasteiger partial charge in [-0.2, -0.15) is 0 Å². The lowest BCUT2D eigenvalue weighted by molar-refractivity contribution is 0.550. The molecule has 2 aromatic carbocycles. The summed E-state index contributed by atoms with van der Waals surface area (Å²) in [5, 5.41) is 5.07. The van der Waals surface area contributed by atoms with Crippen LogP contribution in [0.5, 0.6) is 0 Å². The van der Waals surface area contributed by atoms with E-state index < -0.39 is 0 Å². The van der Waals surface area contributed by atoms with Crippen LogP contribution in [0.2, 0.25) is 10.0 Å². The quantitative estimate of drug-likeness (QED) is 0.828. The van der Waals surface area contributed by atoms with E-state index in [1.807, 2.05) is 36.4 Å². The highest BCUT2D eigenvalue weighted by molar-refractivity contribution is 6.31. The van der Waals surface area contributed by atoms with E-state index in [0.717, 1.165) is 34.1 Å². The normalized spacial score (nSPS) is 12.4. The summed E-state index contributed by atoms with van der Waals surface area (Å²) in [7, 11) is 0.